The third kappa shape index (κ3) is 2.37. The van der Waals surface area contributed by atoms with Crippen LogP contribution >= 0.6 is 0 Å². The second kappa shape index (κ2) is 5.11. The number of nitrogens with two attached hydrogens (primary N) is 1. The van der Waals surface area contributed by atoms with Crippen LogP contribution in [0, 0.1) is 5.92 Å². The summed E-state index contributed by atoms with van der Waals surface area (Å²) in [7, 11) is -1.97. The molecule has 3 N–H and O–H groups in total. The van der Waals surface area contributed by atoms with E-state index in [1.807, 2.05) is 0 Å². The second-order valence-corrected chi connectivity index (χ2v) is 7.67. The summed E-state index contributed by atoms with van der Waals surface area (Å²) in [6.07, 6.45) is 3.39. The standard InChI is InChI=1S/C13H20N4O3S/c1-16-8-10(5-11(16)13(14)18)21(19,20)17-4-2-3-9-6-15-7-12(9)17/h5,8-9,12,15H,2-4,6-7H2,1H3,(H2,14,18). The minimum Gasteiger partial charge on any atom is -0.364 e. The lowest BCUT2D eigenvalue weighted by molar-refractivity contribution is 0.0992. The van der Waals surface area contributed by atoms with Crippen molar-refractivity contribution in [2.24, 2.45) is 18.7 Å². The molecule has 0 aromatic carbocycles. The van der Waals surface area contributed by atoms with Gasteiger partial charge in [0.2, 0.25) is 10.0 Å². The average molecular weight is 312 g/mol. The highest BCUT2D eigenvalue weighted by atomic mass is 32.2. The van der Waals surface area contributed by atoms with E-state index >= 15 is 0 Å². The first-order valence-electron chi connectivity index (χ1n) is 7.10. The highest BCUT2D eigenvalue weighted by Gasteiger charge is 2.41. The molecule has 2 aliphatic rings. The molecular weight excluding hydrogens is 292 g/mol. The molecule has 1 amide bonds. The quantitative estimate of drug-likeness (QED) is 0.786. The van der Waals surface area contributed by atoms with Gasteiger partial charge in [-0.05, 0) is 31.4 Å². The van der Waals surface area contributed by atoms with Crippen molar-refractivity contribution in [3.8, 4) is 0 Å². The fourth-order valence-corrected chi connectivity index (χ4v) is 5.18. The number of nitrogens with one attached hydrogen (secondary N) is 1. The molecule has 21 heavy (non-hydrogen) atoms. The number of carbonyl (C=O) groups is 1. The van der Waals surface area contributed by atoms with Gasteiger partial charge in [0.05, 0.1) is 0 Å². The number of rotatable bonds is 3. The lowest BCUT2D eigenvalue weighted by Gasteiger charge is -2.35. The van der Waals surface area contributed by atoms with Gasteiger partial charge < -0.3 is 15.6 Å². The highest BCUT2D eigenvalue weighted by molar-refractivity contribution is 7.89. The van der Waals surface area contributed by atoms with E-state index in [4.69, 9.17) is 5.73 Å². The molecule has 116 valence electrons. The maximum Gasteiger partial charge on any atom is 0.265 e. The van der Waals surface area contributed by atoms with Crippen LogP contribution < -0.4 is 11.1 Å². The first kappa shape index (κ1) is 14.6. The Morgan fingerprint density at radius 1 is 1.43 bits per heavy atom. The molecule has 0 spiro atoms. The van der Waals surface area contributed by atoms with Gasteiger partial charge in [0.1, 0.15) is 10.6 Å². The van der Waals surface area contributed by atoms with Crippen molar-refractivity contribution in [3.05, 3.63) is 18.0 Å². The van der Waals surface area contributed by atoms with Crippen LogP contribution in [0.1, 0.15) is 23.3 Å². The Balaban J connectivity index is 1.96. The maximum absolute atomic E-state index is 12.9. The van der Waals surface area contributed by atoms with Crippen LogP contribution in [0.5, 0.6) is 0 Å². The molecule has 1 aromatic heterocycles. The molecule has 3 rings (SSSR count). The van der Waals surface area contributed by atoms with Gasteiger partial charge in [0, 0.05) is 32.4 Å². The minimum absolute atomic E-state index is 0.0148. The zero-order chi connectivity index (χ0) is 15.2. The van der Waals surface area contributed by atoms with Crippen molar-refractivity contribution >= 4 is 15.9 Å². The Labute approximate surface area is 124 Å². The SMILES string of the molecule is Cn1cc(S(=O)(=O)N2CCCC3CNCC32)cc1C(N)=O. The first-order chi connectivity index (χ1) is 9.91. The van der Waals surface area contributed by atoms with Gasteiger partial charge in [-0.25, -0.2) is 8.42 Å². The fourth-order valence-electron chi connectivity index (χ4n) is 3.38. The summed E-state index contributed by atoms with van der Waals surface area (Å²) < 4.78 is 28.7. The molecule has 7 nitrogen and oxygen atoms in total. The molecule has 8 heteroatoms. The topological polar surface area (TPSA) is 97.4 Å². The van der Waals surface area contributed by atoms with Gasteiger partial charge in [0.15, 0.2) is 0 Å². The van der Waals surface area contributed by atoms with Gasteiger partial charge in [-0.3, -0.25) is 4.79 Å². The van der Waals surface area contributed by atoms with Crippen LogP contribution in [0.3, 0.4) is 0 Å². The molecule has 3 heterocycles. The number of primary amides is 1. The van der Waals surface area contributed by atoms with Gasteiger partial charge in [-0.2, -0.15) is 4.31 Å². The third-order valence-corrected chi connectivity index (χ3v) is 6.36. The Kier molecular flexibility index (Phi) is 3.54. The van der Waals surface area contributed by atoms with E-state index in [-0.39, 0.29) is 16.6 Å². The van der Waals surface area contributed by atoms with Crippen LogP contribution in [-0.4, -0.2) is 48.9 Å². The van der Waals surface area contributed by atoms with Crippen LogP contribution in [0.4, 0.5) is 0 Å². The lowest BCUT2D eigenvalue weighted by Crippen LogP contribution is -2.48. The lowest BCUT2D eigenvalue weighted by atomic mass is 9.94. The van der Waals surface area contributed by atoms with E-state index in [9.17, 15) is 13.2 Å². The predicted molar refractivity (Wildman–Crippen MR) is 77.2 cm³/mol. The number of fused-ring (bicyclic) bond motifs is 1. The molecule has 0 bridgehead atoms. The number of hydrogen-bond donors (Lipinski definition) is 2. The van der Waals surface area contributed by atoms with Crippen LogP contribution in [0.25, 0.3) is 0 Å². The minimum atomic E-state index is -3.59. The van der Waals surface area contributed by atoms with Gasteiger partial charge in [-0.15, -0.1) is 0 Å². The van der Waals surface area contributed by atoms with Crippen molar-refractivity contribution in [1.82, 2.24) is 14.2 Å². The van der Waals surface area contributed by atoms with E-state index in [0.29, 0.717) is 19.0 Å². The van der Waals surface area contributed by atoms with Crippen LogP contribution in [-0.2, 0) is 17.1 Å². The smallest absolute Gasteiger partial charge is 0.265 e. The van der Waals surface area contributed by atoms with Crippen molar-refractivity contribution in [2.45, 2.75) is 23.8 Å². The van der Waals surface area contributed by atoms with E-state index in [1.54, 1.807) is 11.4 Å². The van der Waals surface area contributed by atoms with Gasteiger partial charge in [-0.1, -0.05) is 0 Å². The summed E-state index contributed by atoms with van der Waals surface area (Å²) >= 11 is 0. The Bertz CT molecular complexity index is 667. The number of sulfonamides is 1. The van der Waals surface area contributed by atoms with E-state index in [0.717, 1.165) is 19.4 Å². The predicted octanol–water partition coefficient (Wildman–Crippen LogP) is -0.503. The normalized spacial score (nSPS) is 26.7. The summed E-state index contributed by atoms with van der Waals surface area (Å²) in [5, 5.41) is 3.27. The van der Waals surface area contributed by atoms with E-state index in [1.165, 1.54) is 16.8 Å². The Morgan fingerprint density at radius 3 is 2.86 bits per heavy atom. The number of piperidine rings is 1. The van der Waals surface area contributed by atoms with Crippen molar-refractivity contribution in [3.63, 3.8) is 0 Å². The van der Waals surface area contributed by atoms with Crippen LogP contribution in [0.15, 0.2) is 17.2 Å². The van der Waals surface area contributed by atoms with E-state index in [2.05, 4.69) is 5.32 Å². The molecule has 2 aliphatic heterocycles. The molecule has 2 saturated heterocycles. The molecule has 2 atom stereocenters. The second-order valence-electron chi connectivity index (χ2n) is 5.78. The average Bonchev–Trinajstić information content (AvgIpc) is 3.03. The summed E-state index contributed by atoms with van der Waals surface area (Å²) in [6, 6.07) is 1.38. The number of hydrogen-bond acceptors (Lipinski definition) is 4. The van der Waals surface area contributed by atoms with Crippen molar-refractivity contribution in [2.75, 3.05) is 19.6 Å². The third-order valence-electron chi connectivity index (χ3n) is 4.47. The number of aryl methyl sites for hydroxylation is 1. The molecular formula is C13H20N4O3S. The van der Waals surface area contributed by atoms with Crippen molar-refractivity contribution < 1.29 is 13.2 Å². The monoisotopic (exact) mass is 312 g/mol. The first-order valence-corrected chi connectivity index (χ1v) is 8.54. The van der Waals surface area contributed by atoms with Crippen molar-refractivity contribution in [1.29, 1.82) is 0 Å². The number of amides is 1. The number of aromatic nitrogens is 1. The number of carbonyl (C=O) groups excluding carboxylic acids is 1. The van der Waals surface area contributed by atoms with Crippen LogP contribution in [0.2, 0.25) is 0 Å². The summed E-state index contributed by atoms with van der Waals surface area (Å²) in [6.45, 7) is 2.10. The number of nitrogens with zero attached hydrogens (tertiary/aromatic N) is 2. The molecule has 0 saturated carbocycles. The zero-order valence-electron chi connectivity index (χ0n) is 11.9. The maximum atomic E-state index is 12.9. The zero-order valence-corrected chi connectivity index (χ0v) is 12.8. The van der Waals surface area contributed by atoms with Gasteiger partial charge in [0.25, 0.3) is 5.91 Å². The highest BCUT2D eigenvalue weighted by Crippen LogP contribution is 2.31. The molecule has 2 fully saturated rings. The fraction of sp³-hybridized carbons (Fsp3) is 0.615. The summed E-state index contributed by atoms with van der Waals surface area (Å²) in [5.74, 6) is -0.245. The molecule has 0 radical (unpaired) electrons. The molecule has 0 aliphatic carbocycles. The molecule has 1 aromatic rings. The molecule has 2 unspecified atom stereocenters. The van der Waals surface area contributed by atoms with Gasteiger partial charge >= 0.3 is 0 Å². The Hall–Kier alpha value is -1.38. The van der Waals surface area contributed by atoms with E-state index < -0.39 is 15.9 Å². The summed E-state index contributed by atoms with van der Waals surface area (Å²) in [5.41, 5.74) is 5.46. The Morgan fingerprint density at radius 2 is 2.19 bits per heavy atom. The largest absolute Gasteiger partial charge is 0.364 e. The summed E-state index contributed by atoms with van der Waals surface area (Å²) in [4.78, 5) is 11.4.